The predicted molar refractivity (Wildman–Crippen MR) is 67.1 cm³/mol. The summed E-state index contributed by atoms with van der Waals surface area (Å²) in [5, 5.41) is 3.36. The maximum atomic E-state index is 12.9. The summed E-state index contributed by atoms with van der Waals surface area (Å²) in [5.74, 6) is -1.00. The first-order valence-electron chi connectivity index (χ1n) is 6.30. The van der Waals surface area contributed by atoms with Gasteiger partial charge in [0.05, 0.1) is 0 Å². The van der Waals surface area contributed by atoms with E-state index in [-0.39, 0.29) is 0 Å². The van der Waals surface area contributed by atoms with Gasteiger partial charge in [-0.3, -0.25) is 0 Å². The molecule has 1 nitrogen and oxygen atoms in total. The van der Waals surface area contributed by atoms with E-state index >= 15 is 0 Å². The maximum Gasteiger partial charge on any atom is 0.126 e. The van der Waals surface area contributed by atoms with Crippen LogP contribution in [0.1, 0.15) is 38.7 Å². The fourth-order valence-electron chi connectivity index (χ4n) is 1.83. The maximum absolute atomic E-state index is 12.9. The van der Waals surface area contributed by atoms with E-state index in [1.807, 2.05) is 0 Å². The van der Waals surface area contributed by atoms with E-state index in [0.29, 0.717) is 18.0 Å². The summed E-state index contributed by atoms with van der Waals surface area (Å²) in [6.07, 6.45) is 4.21. The molecule has 1 N–H and O–H groups in total. The molecule has 96 valence electrons. The van der Waals surface area contributed by atoms with Crippen LogP contribution in [0.15, 0.2) is 18.2 Å². The van der Waals surface area contributed by atoms with E-state index in [0.717, 1.165) is 19.0 Å². The standard InChI is InChI=1S/C14H21F2N/c1-3-4-5-11(2)17-7-6-12-8-13(15)10-14(16)9-12/h8-11,17H,3-7H2,1-2H3. The second kappa shape index (κ2) is 7.38. The van der Waals surface area contributed by atoms with Crippen molar-refractivity contribution in [2.45, 2.75) is 45.6 Å². The van der Waals surface area contributed by atoms with Crippen molar-refractivity contribution in [2.24, 2.45) is 0 Å². The molecule has 0 bridgehead atoms. The quantitative estimate of drug-likeness (QED) is 0.768. The molecule has 0 saturated heterocycles. The lowest BCUT2D eigenvalue weighted by atomic mass is 10.1. The summed E-state index contributed by atoms with van der Waals surface area (Å²) >= 11 is 0. The fraction of sp³-hybridized carbons (Fsp3) is 0.571. The Kier molecular flexibility index (Phi) is 6.12. The number of benzene rings is 1. The molecule has 0 spiro atoms. The Morgan fingerprint density at radius 2 is 1.82 bits per heavy atom. The first-order valence-corrected chi connectivity index (χ1v) is 6.30. The van der Waals surface area contributed by atoms with Crippen molar-refractivity contribution in [1.29, 1.82) is 0 Å². The number of halogens is 2. The topological polar surface area (TPSA) is 12.0 Å². The van der Waals surface area contributed by atoms with Crippen LogP contribution < -0.4 is 5.32 Å². The van der Waals surface area contributed by atoms with Crippen molar-refractivity contribution >= 4 is 0 Å². The van der Waals surface area contributed by atoms with Crippen LogP contribution in [-0.2, 0) is 6.42 Å². The van der Waals surface area contributed by atoms with Crippen molar-refractivity contribution in [3.8, 4) is 0 Å². The minimum Gasteiger partial charge on any atom is -0.314 e. The highest BCUT2D eigenvalue weighted by atomic mass is 19.1. The van der Waals surface area contributed by atoms with E-state index in [1.165, 1.54) is 25.0 Å². The molecule has 0 aliphatic heterocycles. The van der Waals surface area contributed by atoms with Gasteiger partial charge < -0.3 is 5.32 Å². The van der Waals surface area contributed by atoms with Gasteiger partial charge >= 0.3 is 0 Å². The summed E-state index contributed by atoms with van der Waals surface area (Å²) in [5.41, 5.74) is 0.706. The van der Waals surface area contributed by atoms with Gasteiger partial charge in [0.2, 0.25) is 0 Å². The smallest absolute Gasteiger partial charge is 0.126 e. The second-order valence-electron chi connectivity index (χ2n) is 4.53. The largest absolute Gasteiger partial charge is 0.314 e. The molecule has 0 aliphatic carbocycles. The van der Waals surface area contributed by atoms with Crippen LogP contribution in [0.5, 0.6) is 0 Å². The summed E-state index contributed by atoms with van der Waals surface area (Å²) in [6, 6.07) is 4.15. The third-order valence-corrected chi connectivity index (χ3v) is 2.82. The van der Waals surface area contributed by atoms with Crippen LogP contribution in [0.2, 0.25) is 0 Å². The van der Waals surface area contributed by atoms with Crippen LogP contribution in [0.25, 0.3) is 0 Å². The molecule has 1 aromatic rings. The molecule has 0 aliphatic rings. The van der Waals surface area contributed by atoms with E-state index in [2.05, 4.69) is 19.2 Å². The highest BCUT2D eigenvalue weighted by Crippen LogP contribution is 2.08. The van der Waals surface area contributed by atoms with Crippen LogP contribution in [0.4, 0.5) is 8.78 Å². The Morgan fingerprint density at radius 3 is 2.41 bits per heavy atom. The summed E-state index contributed by atoms with van der Waals surface area (Å²) in [7, 11) is 0. The fourth-order valence-corrected chi connectivity index (χ4v) is 1.83. The van der Waals surface area contributed by atoms with Gasteiger partial charge in [-0.15, -0.1) is 0 Å². The normalized spacial score (nSPS) is 12.7. The molecular weight excluding hydrogens is 220 g/mol. The number of unbranched alkanes of at least 4 members (excludes halogenated alkanes) is 1. The second-order valence-corrected chi connectivity index (χ2v) is 4.53. The Hall–Kier alpha value is -0.960. The van der Waals surface area contributed by atoms with Crippen molar-refractivity contribution in [2.75, 3.05) is 6.54 Å². The molecule has 1 rings (SSSR count). The van der Waals surface area contributed by atoms with Crippen LogP contribution >= 0.6 is 0 Å². The molecule has 0 radical (unpaired) electrons. The molecule has 0 saturated carbocycles. The zero-order valence-corrected chi connectivity index (χ0v) is 10.6. The number of hydrogen-bond acceptors (Lipinski definition) is 1. The molecule has 0 fully saturated rings. The Morgan fingerprint density at radius 1 is 1.18 bits per heavy atom. The van der Waals surface area contributed by atoms with Gasteiger partial charge in [-0.25, -0.2) is 8.78 Å². The predicted octanol–water partition coefficient (Wildman–Crippen LogP) is 3.68. The van der Waals surface area contributed by atoms with Gasteiger partial charge in [-0.2, -0.15) is 0 Å². The number of nitrogens with one attached hydrogen (secondary N) is 1. The number of hydrogen-bond donors (Lipinski definition) is 1. The van der Waals surface area contributed by atoms with Gasteiger partial charge in [-0.1, -0.05) is 19.8 Å². The molecule has 1 aromatic carbocycles. The first-order chi connectivity index (χ1) is 8.11. The monoisotopic (exact) mass is 241 g/mol. The highest BCUT2D eigenvalue weighted by molar-refractivity contribution is 5.18. The molecule has 0 amide bonds. The van der Waals surface area contributed by atoms with Gasteiger partial charge in [0, 0.05) is 12.1 Å². The van der Waals surface area contributed by atoms with Gasteiger partial charge in [0.1, 0.15) is 11.6 Å². The minimum atomic E-state index is -0.501. The SMILES string of the molecule is CCCCC(C)NCCc1cc(F)cc(F)c1. The molecular formula is C14H21F2N. The lowest BCUT2D eigenvalue weighted by Crippen LogP contribution is -2.28. The Labute approximate surface area is 102 Å². The Bertz CT molecular complexity index is 319. The van der Waals surface area contributed by atoms with E-state index < -0.39 is 11.6 Å². The minimum absolute atomic E-state index is 0.466. The highest BCUT2D eigenvalue weighted by Gasteiger charge is 2.03. The average molecular weight is 241 g/mol. The van der Waals surface area contributed by atoms with Crippen molar-refractivity contribution in [1.82, 2.24) is 5.32 Å². The summed E-state index contributed by atoms with van der Waals surface area (Å²) in [6.45, 7) is 5.07. The van der Waals surface area contributed by atoms with E-state index in [4.69, 9.17) is 0 Å². The van der Waals surface area contributed by atoms with Gasteiger partial charge in [0.15, 0.2) is 0 Å². The van der Waals surface area contributed by atoms with Gasteiger partial charge in [-0.05, 0) is 44.0 Å². The van der Waals surface area contributed by atoms with Crippen molar-refractivity contribution in [3.05, 3.63) is 35.4 Å². The summed E-state index contributed by atoms with van der Waals surface area (Å²) < 4.78 is 25.8. The average Bonchev–Trinajstić information content (AvgIpc) is 2.25. The van der Waals surface area contributed by atoms with Crippen LogP contribution in [0, 0.1) is 11.6 Å². The van der Waals surface area contributed by atoms with Crippen LogP contribution in [-0.4, -0.2) is 12.6 Å². The van der Waals surface area contributed by atoms with E-state index in [9.17, 15) is 8.78 Å². The third-order valence-electron chi connectivity index (χ3n) is 2.82. The molecule has 0 aromatic heterocycles. The third kappa shape index (κ3) is 5.78. The lowest BCUT2D eigenvalue weighted by molar-refractivity contribution is 0.497. The number of rotatable bonds is 7. The lowest BCUT2D eigenvalue weighted by Gasteiger charge is -2.13. The Balaban J connectivity index is 2.30. The first kappa shape index (κ1) is 14.1. The zero-order chi connectivity index (χ0) is 12.7. The molecule has 1 atom stereocenters. The van der Waals surface area contributed by atoms with Crippen molar-refractivity contribution in [3.63, 3.8) is 0 Å². The van der Waals surface area contributed by atoms with Crippen LogP contribution in [0.3, 0.4) is 0 Å². The van der Waals surface area contributed by atoms with Gasteiger partial charge in [0.25, 0.3) is 0 Å². The summed E-state index contributed by atoms with van der Waals surface area (Å²) in [4.78, 5) is 0. The molecule has 17 heavy (non-hydrogen) atoms. The molecule has 3 heteroatoms. The molecule has 0 heterocycles. The molecule has 1 unspecified atom stereocenters. The van der Waals surface area contributed by atoms with E-state index in [1.54, 1.807) is 0 Å². The zero-order valence-electron chi connectivity index (χ0n) is 10.6. The van der Waals surface area contributed by atoms with Crippen molar-refractivity contribution < 1.29 is 8.78 Å².